The highest BCUT2D eigenvalue weighted by molar-refractivity contribution is 7.16. The van der Waals surface area contributed by atoms with Gasteiger partial charge in [-0.05, 0) is 30.9 Å². The first-order valence-electron chi connectivity index (χ1n) is 6.90. The summed E-state index contributed by atoms with van der Waals surface area (Å²) in [6, 6.07) is 11.7. The maximum absolute atomic E-state index is 10.9. The number of anilines is 1. The Morgan fingerprint density at radius 3 is 2.67 bits per heavy atom. The number of thiophene rings is 1. The van der Waals surface area contributed by atoms with Crippen molar-refractivity contribution in [3.05, 3.63) is 52.4 Å². The third kappa shape index (κ3) is 4.88. The third-order valence-electron chi connectivity index (χ3n) is 3.12. The van der Waals surface area contributed by atoms with E-state index in [1.807, 2.05) is 30.3 Å². The molecule has 0 amide bonds. The first-order valence-corrected chi connectivity index (χ1v) is 7.71. The summed E-state index contributed by atoms with van der Waals surface area (Å²) in [6.07, 6.45) is 2.76. The molecule has 3 N–H and O–H groups in total. The maximum atomic E-state index is 10.9. The lowest BCUT2D eigenvalue weighted by molar-refractivity contribution is 0.0698. The molecule has 0 bridgehead atoms. The van der Waals surface area contributed by atoms with Crippen LogP contribution in [0.2, 0.25) is 0 Å². The molecule has 0 aliphatic carbocycles. The average Bonchev–Trinajstić information content (AvgIpc) is 2.85. The normalized spacial score (nSPS) is 10.7. The van der Waals surface area contributed by atoms with Gasteiger partial charge in [-0.1, -0.05) is 30.3 Å². The van der Waals surface area contributed by atoms with Crippen LogP contribution in [-0.2, 0) is 17.8 Å². The number of hydrogen-bond donors (Lipinski definition) is 2. The van der Waals surface area contributed by atoms with Gasteiger partial charge in [0.05, 0.1) is 12.2 Å². The van der Waals surface area contributed by atoms with Crippen LogP contribution in [0.4, 0.5) is 5.00 Å². The van der Waals surface area contributed by atoms with Crippen molar-refractivity contribution in [2.75, 3.05) is 12.3 Å². The van der Waals surface area contributed by atoms with Crippen LogP contribution in [0.1, 0.15) is 33.6 Å². The molecular formula is C16H19NO3S. The summed E-state index contributed by atoms with van der Waals surface area (Å²) in [7, 11) is 0. The van der Waals surface area contributed by atoms with Gasteiger partial charge in [-0.3, -0.25) is 0 Å². The lowest BCUT2D eigenvalue weighted by Crippen LogP contribution is -1.97. The Hall–Kier alpha value is -1.85. The molecule has 0 atom stereocenters. The summed E-state index contributed by atoms with van der Waals surface area (Å²) >= 11 is 1.36. The molecule has 2 rings (SSSR count). The second-order valence-corrected chi connectivity index (χ2v) is 5.96. The molecule has 0 spiro atoms. The number of carbonyl (C=O) groups is 1. The summed E-state index contributed by atoms with van der Waals surface area (Å²) in [4.78, 5) is 11.9. The van der Waals surface area contributed by atoms with E-state index in [9.17, 15) is 4.79 Å². The lowest BCUT2D eigenvalue weighted by atomic mass is 10.2. The molecule has 1 aromatic heterocycles. The monoisotopic (exact) mass is 305 g/mol. The molecule has 112 valence electrons. The van der Waals surface area contributed by atoms with Crippen molar-refractivity contribution in [2.24, 2.45) is 0 Å². The van der Waals surface area contributed by atoms with Crippen LogP contribution in [0, 0.1) is 0 Å². The molecule has 0 saturated carbocycles. The van der Waals surface area contributed by atoms with Crippen LogP contribution < -0.4 is 5.73 Å². The number of hydrogen-bond acceptors (Lipinski definition) is 4. The number of carboxylic acids is 1. The van der Waals surface area contributed by atoms with E-state index in [0.29, 0.717) is 18.2 Å². The van der Waals surface area contributed by atoms with Crippen LogP contribution in [-0.4, -0.2) is 17.7 Å². The second-order valence-electron chi connectivity index (χ2n) is 4.79. The molecule has 1 aromatic carbocycles. The minimum absolute atomic E-state index is 0.218. The van der Waals surface area contributed by atoms with Crippen LogP contribution in [0.15, 0.2) is 36.4 Å². The second kappa shape index (κ2) is 7.81. The minimum atomic E-state index is -0.957. The standard InChI is InChI=1S/C16H19NO3S/c17-15-14(16(18)19)10-13(21-15)8-4-5-9-20-11-12-6-2-1-3-7-12/h1-3,6-7,10H,4-5,8-9,11,17H2,(H,18,19). The van der Waals surface area contributed by atoms with Crippen molar-refractivity contribution in [1.29, 1.82) is 0 Å². The lowest BCUT2D eigenvalue weighted by Gasteiger charge is -2.03. The van der Waals surface area contributed by atoms with Crippen LogP contribution >= 0.6 is 11.3 Å². The molecule has 2 aromatic rings. The SMILES string of the molecule is Nc1sc(CCCCOCc2ccccc2)cc1C(=O)O. The number of benzene rings is 1. The van der Waals surface area contributed by atoms with Gasteiger partial charge in [0, 0.05) is 11.5 Å². The van der Waals surface area contributed by atoms with Crippen molar-refractivity contribution >= 4 is 22.3 Å². The number of aromatic carboxylic acids is 1. The van der Waals surface area contributed by atoms with E-state index in [1.54, 1.807) is 6.07 Å². The fourth-order valence-corrected chi connectivity index (χ4v) is 2.98. The fourth-order valence-electron chi connectivity index (χ4n) is 2.02. The van der Waals surface area contributed by atoms with Crippen LogP contribution in [0.3, 0.4) is 0 Å². The van der Waals surface area contributed by atoms with E-state index >= 15 is 0 Å². The molecule has 0 aliphatic rings. The number of carboxylic acid groups (broad SMARTS) is 1. The predicted octanol–water partition coefficient (Wildman–Crippen LogP) is 3.57. The van der Waals surface area contributed by atoms with E-state index < -0.39 is 5.97 Å². The van der Waals surface area contributed by atoms with E-state index in [0.717, 1.165) is 24.1 Å². The highest BCUT2D eigenvalue weighted by atomic mass is 32.1. The van der Waals surface area contributed by atoms with Crippen molar-refractivity contribution in [1.82, 2.24) is 0 Å². The number of aryl methyl sites for hydroxylation is 1. The summed E-state index contributed by atoms with van der Waals surface area (Å²) in [5.41, 5.74) is 7.07. The number of nitrogens with two attached hydrogens (primary N) is 1. The molecule has 0 unspecified atom stereocenters. The van der Waals surface area contributed by atoms with Gasteiger partial charge < -0.3 is 15.6 Å². The topological polar surface area (TPSA) is 72.5 Å². The van der Waals surface area contributed by atoms with E-state index in [1.165, 1.54) is 16.9 Å². The number of ether oxygens (including phenoxy) is 1. The van der Waals surface area contributed by atoms with Crippen molar-refractivity contribution < 1.29 is 14.6 Å². The molecular weight excluding hydrogens is 286 g/mol. The minimum Gasteiger partial charge on any atom is -0.478 e. The van der Waals surface area contributed by atoms with Crippen molar-refractivity contribution in [3.8, 4) is 0 Å². The van der Waals surface area contributed by atoms with Crippen molar-refractivity contribution in [3.63, 3.8) is 0 Å². The fraction of sp³-hybridized carbons (Fsp3) is 0.312. The third-order valence-corrected chi connectivity index (χ3v) is 4.14. The molecule has 5 heteroatoms. The van der Waals surface area contributed by atoms with E-state index in [4.69, 9.17) is 15.6 Å². The highest BCUT2D eigenvalue weighted by Crippen LogP contribution is 2.26. The Morgan fingerprint density at radius 1 is 1.24 bits per heavy atom. The quantitative estimate of drug-likeness (QED) is 0.731. The molecule has 0 saturated heterocycles. The molecule has 0 radical (unpaired) electrons. The Bertz CT molecular complexity index is 580. The molecule has 21 heavy (non-hydrogen) atoms. The van der Waals surface area contributed by atoms with Gasteiger partial charge in [-0.2, -0.15) is 0 Å². The van der Waals surface area contributed by atoms with Crippen LogP contribution in [0.25, 0.3) is 0 Å². The van der Waals surface area contributed by atoms with Crippen molar-refractivity contribution in [2.45, 2.75) is 25.9 Å². The summed E-state index contributed by atoms with van der Waals surface area (Å²) in [6.45, 7) is 1.34. The van der Waals surface area contributed by atoms with Gasteiger partial charge in [0.1, 0.15) is 5.00 Å². The first-order chi connectivity index (χ1) is 10.2. The summed E-state index contributed by atoms with van der Waals surface area (Å²) < 4.78 is 5.61. The smallest absolute Gasteiger partial charge is 0.338 e. The number of unbranched alkanes of at least 4 members (excludes halogenated alkanes) is 1. The highest BCUT2D eigenvalue weighted by Gasteiger charge is 2.12. The van der Waals surface area contributed by atoms with Gasteiger partial charge in [0.25, 0.3) is 0 Å². The van der Waals surface area contributed by atoms with E-state index in [-0.39, 0.29) is 5.56 Å². The first kappa shape index (κ1) is 15.5. The largest absolute Gasteiger partial charge is 0.478 e. The van der Waals surface area contributed by atoms with Gasteiger partial charge in [-0.25, -0.2) is 4.79 Å². The molecule has 4 nitrogen and oxygen atoms in total. The molecule has 0 fully saturated rings. The number of rotatable bonds is 8. The van der Waals surface area contributed by atoms with Gasteiger partial charge in [0.15, 0.2) is 0 Å². The average molecular weight is 305 g/mol. The molecule has 0 aliphatic heterocycles. The Morgan fingerprint density at radius 2 is 2.00 bits per heavy atom. The summed E-state index contributed by atoms with van der Waals surface area (Å²) in [5, 5.41) is 9.32. The zero-order chi connectivity index (χ0) is 15.1. The van der Waals surface area contributed by atoms with Crippen LogP contribution in [0.5, 0.6) is 0 Å². The maximum Gasteiger partial charge on any atom is 0.338 e. The predicted molar refractivity (Wildman–Crippen MR) is 84.7 cm³/mol. The van der Waals surface area contributed by atoms with Gasteiger partial charge in [0.2, 0.25) is 0 Å². The van der Waals surface area contributed by atoms with Gasteiger partial charge in [-0.15, -0.1) is 11.3 Å². The zero-order valence-electron chi connectivity index (χ0n) is 11.7. The zero-order valence-corrected chi connectivity index (χ0v) is 12.6. The Kier molecular flexibility index (Phi) is 5.78. The van der Waals surface area contributed by atoms with E-state index in [2.05, 4.69) is 0 Å². The Labute approximate surface area is 128 Å². The number of nitrogen functional groups attached to an aromatic ring is 1. The van der Waals surface area contributed by atoms with Gasteiger partial charge >= 0.3 is 5.97 Å². The molecule has 1 heterocycles. The Balaban J connectivity index is 1.64. The summed E-state index contributed by atoms with van der Waals surface area (Å²) in [5.74, 6) is -0.957.